The van der Waals surface area contributed by atoms with Crippen LogP contribution in [0.4, 0.5) is 0 Å². The molecule has 2 aliphatic heterocycles. The molecule has 1 amide bonds. The Morgan fingerprint density at radius 1 is 1.18 bits per heavy atom. The molecule has 22 heavy (non-hydrogen) atoms. The van der Waals surface area contributed by atoms with Crippen molar-refractivity contribution in [2.24, 2.45) is 5.92 Å². The molecule has 5 nitrogen and oxygen atoms in total. The fourth-order valence-corrected chi connectivity index (χ4v) is 3.35. The monoisotopic (exact) mass is 303 g/mol. The fraction of sp³-hybridized carbons (Fsp3) is 0.647. The van der Waals surface area contributed by atoms with Gasteiger partial charge >= 0.3 is 0 Å². The zero-order valence-electron chi connectivity index (χ0n) is 13.1. The molecule has 0 N–H and O–H groups in total. The zero-order valence-corrected chi connectivity index (χ0v) is 13.1. The van der Waals surface area contributed by atoms with Crippen LogP contribution in [0.5, 0.6) is 0 Å². The van der Waals surface area contributed by atoms with Gasteiger partial charge in [-0.25, -0.2) is 0 Å². The third kappa shape index (κ3) is 4.05. The first kappa shape index (κ1) is 15.4. The van der Waals surface area contributed by atoms with E-state index in [0.29, 0.717) is 11.6 Å². The van der Waals surface area contributed by atoms with Crippen LogP contribution in [-0.4, -0.2) is 66.6 Å². The molecule has 0 aromatic carbocycles. The molecule has 1 aromatic heterocycles. The van der Waals surface area contributed by atoms with Crippen molar-refractivity contribution in [2.45, 2.75) is 19.3 Å². The molecule has 5 heteroatoms. The maximum Gasteiger partial charge on any atom is 0.272 e. The van der Waals surface area contributed by atoms with Gasteiger partial charge in [0.1, 0.15) is 5.69 Å². The number of aromatic nitrogens is 1. The van der Waals surface area contributed by atoms with E-state index < -0.39 is 0 Å². The summed E-state index contributed by atoms with van der Waals surface area (Å²) in [5.41, 5.74) is 0.564. The summed E-state index contributed by atoms with van der Waals surface area (Å²) >= 11 is 0. The quantitative estimate of drug-likeness (QED) is 0.852. The summed E-state index contributed by atoms with van der Waals surface area (Å²) in [6.45, 7) is 6.67. The Bertz CT molecular complexity index is 474. The average Bonchev–Trinajstić information content (AvgIpc) is 2.82. The number of amides is 1. The Morgan fingerprint density at radius 2 is 2.05 bits per heavy atom. The zero-order chi connectivity index (χ0) is 15.2. The highest BCUT2D eigenvalue weighted by atomic mass is 16.5. The number of hydrogen-bond acceptors (Lipinski definition) is 4. The Hall–Kier alpha value is -1.46. The molecule has 0 spiro atoms. The lowest BCUT2D eigenvalue weighted by molar-refractivity contribution is 0.0296. The first-order valence-corrected chi connectivity index (χ1v) is 8.33. The summed E-state index contributed by atoms with van der Waals surface area (Å²) in [6.07, 6.45) is 5.08. The number of rotatable bonds is 3. The van der Waals surface area contributed by atoms with Crippen LogP contribution in [-0.2, 0) is 4.74 Å². The molecule has 0 saturated carbocycles. The fourth-order valence-electron chi connectivity index (χ4n) is 3.35. The third-order valence-electron chi connectivity index (χ3n) is 4.64. The molecule has 1 atom stereocenters. The molecule has 0 aliphatic carbocycles. The largest absolute Gasteiger partial charge is 0.379 e. The second-order valence-corrected chi connectivity index (χ2v) is 6.22. The van der Waals surface area contributed by atoms with Crippen LogP contribution in [0, 0.1) is 5.92 Å². The number of hydrogen-bond donors (Lipinski definition) is 0. The molecule has 3 heterocycles. The highest BCUT2D eigenvalue weighted by molar-refractivity contribution is 5.92. The number of pyridine rings is 1. The Kier molecular flexibility index (Phi) is 5.40. The van der Waals surface area contributed by atoms with Crippen molar-refractivity contribution in [1.29, 1.82) is 0 Å². The van der Waals surface area contributed by atoms with Crippen molar-refractivity contribution in [3.8, 4) is 0 Å². The van der Waals surface area contributed by atoms with Crippen molar-refractivity contribution >= 4 is 5.91 Å². The number of nitrogens with zero attached hydrogens (tertiary/aromatic N) is 3. The van der Waals surface area contributed by atoms with Gasteiger partial charge in [0.15, 0.2) is 0 Å². The van der Waals surface area contributed by atoms with Crippen molar-refractivity contribution in [1.82, 2.24) is 14.8 Å². The Morgan fingerprint density at radius 3 is 2.82 bits per heavy atom. The summed E-state index contributed by atoms with van der Waals surface area (Å²) in [7, 11) is 0. The third-order valence-corrected chi connectivity index (χ3v) is 4.64. The molecule has 0 bridgehead atoms. The topological polar surface area (TPSA) is 45.7 Å². The van der Waals surface area contributed by atoms with Crippen LogP contribution in [0.2, 0.25) is 0 Å². The lowest BCUT2D eigenvalue weighted by Crippen LogP contribution is -2.39. The van der Waals surface area contributed by atoms with E-state index in [0.717, 1.165) is 58.8 Å². The average molecular weight is 303 g/mol. The van der Waals surface area contributed by atoms with Gasteiger partial charge in [-0.15, -0.1) is 0 Å². The maximum atomic E-state index is 12.5. The van der Waals surface area contributed by atoms with Gasteiger partial charge in [-0.1, -0.05) is 6.07 Å². The summed E-state index contributed by atoms with van der Waals surface area (Å²) in [5, 5.41) is 0. The van der Waals surface area contributed by atoms with Gasteiger partial charge in [0.2, 0.25) is 0 Å². The van der Waals surface area contributed by atoms with E-state index in [2.05, 4.69) is 9.88 Å². The standard InChI is InChI=1S/C17H25N3O2/c21-17(16-5-1-2-7-18-16)20-8-3-4-15(6-9-20)14-19-10-12-22-13-11-19/h1-2,5,7,15H,3-4,6,8-14H2. The van der Waals surface area contributed by atoms with Crippen LogP contribution in [0.3, 0.4) is 0 Å². The summed E-state index contributed by atoms with van der Waals surface area (Å²) < 4.78 is 5.41. The van der Waals surface area contributed by atoms with Gasteiger partial charge < -0.3 is 9.64 Å². The number of ether oxygens (including phenoxy) is 1. The molecular weight excluding hydrogens is 278 g/mol. The maximum absolute atomic E-state index is 12.5. The highest BCUT2D eigenvalue weighted by Gasteiger charge is 2.24. The number of likely N-dealkylation sites (tertiary alicyclic amines) is 1. The van der Waals surface area contributed by atoms with Crippen molar-refractivity contribution in [3.05, 3.63) is 30.1 Å². The number of morpholine rings is 1. The first-order valence-electron chi connectivity index (χ1n) is 8.33. The minimum absolute atomic E-state index is 0.0765. The van der Waals surface area contributed by atoms with Gasteiger partial charge in [0, 0.05) is 38.9 Å². The predicted octanol–water partition coefficient (Wildman–Crippen LogP) is 1.66. The van der Waals surface area contributed by atoms with E-state index in [1.807, 2.05) is 17.0 Å². The van der Waals surface area contributed by atoms with E-state index in [-0.39, 0.29) is 5.91 Å². The van der Waals surface area contributed by atoms with Crippen molar-refractivity contribution < 1.29 is 9.53 Å². The number of carbonyl (C=O) groups is 1. The van der Waals surface area contributed by atoms with Crippen molar-refractivity contribution in [3.63, 3.8) is 0 Å². The first-order chi connectivity index (χ1) is 10.8. The molecule has 120 valence electrons. The summed E-state index contributed by atoms with van der Waals surface area (Å²) in [5.74, 6) is 0.771. The van der Waals surface area contributed by atoms with Gasteiger partial charge in [-0.05, 0) is 37.3 Å². The van der Waals surface area contributed by atoms with E-state index >= 15 is 0 Å². The predicted molar refractivity (Wildman–Crippen MR) is 84.7 cm³/mol. The minimum Gasteiger partial charge on any atom is -0.379 e. The summed E-state index contributed by atoms with van der Waals surface area (Å²) in [4.78, 5) is 21.1. The minimum atomic E-state index is 0.0765. The molecule has 2 saturated heterocycles. The number of carbonyl (C=O) groups excluding carboxylic acids is 1. The lowest BCUT2D eigenvalue weighted by Gasteiger charge is -2.30. The van der Waals surface area contributed by atoms with Crippen molar-refractivity contribution in [2.75, 3.05) is 45.9 Å². The molecule has 2 fully saturated rings. The summed E-state index contributed by atoms with van der Waals surface area (Å²) in [6, 6.07) is 5.52. The smallest absolute Gasteiger partial charge is 0.272 e. The Balaban J connectivity index is 1.52. The molecule has 1 unspecified atom stereocenters. The van der Waals surface area contributed by atoms with Crippen LogP contribution in [0.25, 0.3) is 0 Å². The van der Waals surface area contributed by atoms with Gasteiger partial charge in [0.25, 0.3) is 5.91 Å². The van der Waals surface area contributed by atoms with E-state index in [1.165, 1.54) is 6.42 Å². The van der Waals surface area contributed by atoms with Crippen LogP contribution < -0.4 is 0 Å². The molecule has 1 aromatic rings. The molecule has 3 rings (SSSR count). The molecule has 2 aliphatic rings. The van der Waals surface area contributed by atoms with Gasteiger partial charge in [-0.2, -0.15) is 0 Å². The lowest BCUT2D eigenvalue weighted by atomic mass is 10.00. The molecular formula is C17H25N3O2. The van der Waals surface area contributed by atoms with Gasteiger partial charge in [0.05, 0.1) is 13.2 Å². The van der Waals surface area contributed by atoms with Crippen LogP contribution in [0.15, 0.2) is 24.4 Å². The highest BCUT2D eigenvalue weighted by Crippen LogP contribution is 2.20. The SMILES string of the molecule is O=C(c1ccccn1)N1CCCC(CN2CCOCC2)CC1. The Labute approximate surface area is 132 Å². The normalized spacial score (nSPS) is 24.0. The van der Waals surface area contributed by atoms with E-state index in [4.69, 9.17) is 4.74 Å². The van der Waals surface area contributed by atoms with E-state index in [1.54, 1.807) is 12.3 Å². The second-order valence-electron chi connectivity index (χ2n) is 6.22. The second kappa shape index (κ2) is 7.70. The van der Waals surface area contributed by atoms with Crippen LogP contribution >= 0.6 is 0 Å². The molecule has 0 radical (unpaired) electrons. The van der Waals surface area contributed by atoms with E-state index in [9.17, 15) is 4.79 Å². The van der Waals surface area contributed by atoms with Crippen LogP contribution in [0.1, 0.15) is 29.8 Å². The van der Waals surface area contributed by atoms with Gasteiger partial charge in [-0.3, -0.25) is 14.7 Å².